The Hall–Kier alpha value is -0.0800. The van der Waals surface area contributed by atoms with E-state index in [-0.39, 0.29) is 0 Å². The van der Waals surface area contributed by atoms with Gasteiger partial charge in [0.25, 0.3) is 0 Å². The highest BCUT2D eigenvalue weighted by Gasteiger charge is 2.22. The number of hydrogen-bond acceptors (Lipinski definition) is 2. The van der Waals surface area contributed by atoms with E-state index in [0.717, 1.165) is 25.2 Å². The molecule has 1 saturated heterocycles. The number of piperazine rings is 1. The lowest BCUT2D eigenvalue weighted by Crippen LogP contribution is -2.55. The van der Waals surface area contributed by atoms with Gasteiger partial charge >= 0.3 is 0 Å². The van der Waals surface area contributed by atoms with Gasteiger partial charge in [-0.3, -0.25) is 4.90 Å². The van der Waals surface area contributed by atoms with E-state index < -0.39 is 0 Å². The van der Waals surface area contributed by atoms with Crippen molar-refractivity contribution in [1.82, 2.24) is 10.2 Å². The lowest BCUT2D eigenvalue weighted by atomic mass is 10.1. The monoisotopic (exact) mass is 156 g/mol. The topological polar surface area (TPSA) is 15.3 Å². The van der Waals surface area contributed by atoms with E-state index in [0.29, 0.717) is 0 Å². The molecule has 2 atom stereocenters. The van der Waals surface area contributed by atoms with Crippen LogP contribution in [-0.4, -0.2) is 36.6 Å². The van der Waals surface area contributed by atoms with Crippen LogP contribution < -0.4 is 5.32 Å². The third kappa shape index (κ3) is 2.17. The van der Waals surface area contributed by atoms with Gasteiger partial charge in [-0.05, 0) is 26.8 Å². The largest absolute Gasteiger partial charge is 0.314 e. The lowest BCUT2D eigenvalue weighted by Gasteiger charge is -2.39. The molecule has 0 amide bonds. The Morgan fingerprint density at radius 1 is 1.27 bits per heavy atom. The highest BCUT2D eigenvalue weighted by atomic mass is 15.2. The van der Waals surface area contributed by atoms with E-state index >= 15 is 0 Å². The summed E-state index contributed by atoms with van der Waals surface area (Å²) in [5.74, 6) is 0. The van der Waals surface area contributed by atoms with Crippen LogP contribution in [0.3, 0.4) is 0 Å². The Morgan fingerprint density at radius 2 is 1.82 bits per heavy atom. The Bertz CT molecular complexity index is 104. The molecule has 2 nitrogen and oxygen atoms in total. The summed E-state index contributed by atoms with van der Waals surface area (Å²) in [5, 5.41) is 3.43. The van der Waals surface area contributed by atoms with Crippen molar-refractivity contribution in [2.24, 2.45) is 0 Å². The third-order valence-corrected chi connectivity index (χ3v) is 2.49. The predicted octanol–water partition coefficient (Wildman–Crippen LogP) is 1.08. The Morgan fingerprint density at radius 3 is 2.27 bits per heavy atom. The number of hydrogen-bond donors (Lipinski definition) is 1. The molecule has 2 heteroatoms. The van der Waals surface area contributed by atoms with Crippen LogP contribution in [0, 0.1) is 0 Å². The Kier molecular flexibility index (Phi) is 3.34. The summed E-state index contributed by atoms with van der Waals surface area (Å²) in [6.07, 6.45) is 1.27. The summed E-state index contributed by atoms with van der Waals surface area (Å²) in [7, 11) is 0. The molecule has 0 aromatic heterocycles. The maximum atomic E-state index is 3.43. The smallest absolute Gasteiger partial charge is 0.0195 e. The number of nitrogens with one attached hydrogen (secondary N) is 1. The van der Waals surface area contributed by atoms with Crippen LogP contribution in [0.25, 0.3) is 0 Å². The molecule has 11 heavy (non-hydrogen) atoms. The van der Waals surface area contributed by atoms with Crippen LogP contribution in [0.5, 0.6) is 0 Å². The molecule has 0 spiro atoms. The van der Waals surface area contributed by atoms with Crippen molar-refractivity contribution in [2.45, 2.75) is 39.3 Å². The van der Waals surface area contributed by atoms with Crippen molar-refractivity contribution >= 4 is 0 Å². The standard InChI is InChI=1S/C9H20N2/c1-4-5-11-8(2)6-10-7-9(11)3/h8-10H,4-7H2,1-3H3. The molecule has 1 fully saturated rings. The molecule has 1 aliphatic rings. The third-order valence-electron chi connectivity index (χ3n) is 2.49. The zero-order valence-electron chi connectivity index (χ0n) is 7.93. The average molecular weight is 156 g/mol. The molecule has 1 rings (SSSR count). The average Bonchev–Trinajstić information content (AvgIpc) is 1.97. The number of nitrogens with zero attached hydrogens (tertiary/aromatic N) is 1. The molecule has 0 bridgehead atoms. The van der Waals surface area contributed by atoms with Gasteiger partial charge in [-0.25, -0.2) is 0 Å². The first-order valence-corrected chi connectivity index (χ1v) is 4.72. The highest BCUT2D eigenvalue weighted by Crippen LogP contribution is 2.09. The van der Waals surface area contributed by atoms with Gasteiger partial charge in [0.2, 0.25) is 0 Å². The second kappa shape index (κ2) is 4.07. The van der Waals surface area contributed by atoms with Crippen molar-refractivity contribution in [3.8, 4) is 0 Å². The molecule has 0 radical (unpaired) electrons. The van der Waals surface area contributed by atoms with Gasteiger partial charge in [-0.15, -0.1) is 0 Å². The second-order valence-corrected chi connectivity index (χ2v) is 3.59. The highest BCUT2D eigenvalue weighted by molar-refractivity contribution is 4.81. The first-order valence-electron chi connectivity index (χ1n) is 4.72. The van der Waals surface area contributed by atoms with Crippen molar-refractivity contribution in [3.63, 3.8) is 0 Å². The summed E-state index contributed by atoms with van der Waals surface area (Å²) in [6.45, 7) is 10.4. The minimum atomic E-state index is 0.721. The van der Waals surface area contributed by atoms with Crippen molar-refractivity contribution < 1.29 is 0 Å². The van der Waals surface area contributed by atoms with E-state index in [9.17, 15) is 0 Å². The Labute approximate surface area is 70.0 Å². The van der Waals surface area contributed by atoms with Crippen molar-refractivity contribution in [1.29, 1.82) is 0 Å². The molecule has 66 valence electrons. The SMILES string of the molecule is CCCN1C(C)CNCC1C. The molecule has 0 saturated carbocycles. The maximum Gasteiger partial charge on any atom is 0.0195 e. The fraction of sp³-hybridized carbons (Fsp3) is 1.00. The number of rotatable bonds is 2. The minimum Gasteiger partial charge on any atom is -0.314 e. The molecule has 0 aromatic carbocycles. The van der Waals surface area contributed by atoms with E-state index in [1.54, 1.807) is 0 Å². The Balaban J connectivity index is 2.41. The summed E-state index contributed by atoms with van der Waals surface area (Å²) in [6, 6.07) is 1.44. The van der Waals surface area contributed by atoms with E-state index in [1.807, 2.05) is 0 Å². The molecule has 0 aromatic rings. The van der Waals surface area contributed by atoms with Gasteiger partial charge < -0.3 is 5.32 Å². The van der Waals surface area contributed by atoms with Gasteiger partial charge in [-0.2, -0.15) is 0 Å². The molecule has 1 N–H and O–H groups in total. The normalized spacial score (nSPS) is 34.1. The summed E-state index contributed by atoms with van der Waals surface area (Å²) >= 11 is 0. The van der Waals surface area contributed by atoms with E-state index in [1.165, 1.54) is 13.0 Å². The van der Waals surface area contributed by atoms with Gasteiger partial charge in [0.05, 0.1) is 0 Å². The maximum absolute atomic E-state index is 3.43. The molecule has 1 aliphatic heterocycles. The zero-order chi connectivity index (χ0) is 8.27. The first-order chi connectivity index (χ1) is 5.25. The van der Waals surface area contributed by atoms with Crippen molar-refractivity contribution in [3.05, 3.63) is 0 Å². The van der Waals surface area contributed by atoms with Gasteiger partial charge in [0.1, 0.15) is 0 Å². The molecule has 0 aliphatic carbocycles. The first kappa shape index (κ1) is 9.01. The molecule has 1 heterocycles. The summed E-state index contributed by atoms with van der Waals surface area (Å²) < 4.78 is 0. The predicted molar refractivity (Wildman–Crippen MR) is 48.8 cm³/mol. The quantitative estimate of drug-likeness (QED) is 0.643. The van der Waals surface area contributed by atoms with Crippen LogP contribution in [0.4, 0.5) is 0 Å². The molecule has 2 unspecified atom stereocenters. The lowest BCUT2D eigenvalue weighted by molar-refractivity contribution is 0.117. The van der Waals surface area contributed by atoms with Crippen molar-refractivity contribution in [2.75, 3.05) is 19.6 Å². The minimum absolute atomic E-state index is 0.721. The summed E-state index contributed by atoms with van der Waals surface area (Å²) in [5.41, 5.74) is 0. The zero-order valence-corrected chi connectivity index (χ0v) is 7.93. The molecular formula is C9H20N2. The summed E-state index contributed by atoms with van der Waals surface area (Å²) in [4.78, 5) is 2.59. The van der Waals surface area contributed by atoms with Gasteiger partial charge in [-0.1, -0.05) is 6.92 Å². The fourth-order valence-corrected chi connectivity index (χ4v) is 1.87. The van der Waals surface area contributed by atoms with Crippen LogP contribution >= 0.6 is 0 Å². The van der Waals surface area contributed by atoms with Crippen LogP contribution in [0.2, 0.25) is 0 Å². The van der Waals surface area contributed by atoms with Gasteiger partial charge in [0, 0.05) is 25.2 Å². The van der Waals surface area contributed by atoms with E-state index in [2.05, 4.69) is 31.0 Å². The fourth-order valence-electron chi connectivity index (χ4n) is 1.87. The van der Waals surface area contributed by atoms with Gasteiger partial charge in [0.15, 0.2) is 0 Å². The molecular weight excluding hydrogens is 136 g/mol. The van der Waals surface area contributed by atoms with Crippen LogP contribution in [-0.2, 0) is 0 Å². The van der Waals surface area contributed by atoms with Crippen LogP contribution in [0.1, 0.15) is 27.2 Å². The second-order valence-electron chi connectivity index (χ2n) is 3.59. The van der Waals surface area contributed by atoms with Crippen LogP contribution in [0.15, 0.2) is 0 Å². The van der Waals surface area contributed by atoms with E-state index in [4.69, 9.17) is 0 Å².